The molecule has 0 bridgehead atoms. The van der Waals surface area contributed by atoms with Crippen LogP contribution in [-0.4, -0.2) is 43.8 Å². The second-order valence-electron chi connectivity index (χ2n) is 5.79. The Balaban J connectivity index is 1.65. The molecule has 0 radical (unpaired) electrons. The van der Waals surface area contributed by atoms with Crippen LogP contribution in [0, 0.1) is 6.92 Å². The maximum absolute atomic E-state index is 12.5. The standard InChI is InChI=1S/C18H18BrN5OS/c1-13-7-3-6-10-16(13)24-18(20-21-22-24)26-12-17(25)23(2)11-14-8-4-5-9-15(14)19/h3-10H,11-12H2,1-2H3. The van der Waals surface area contributed by atoms with Crippen molar-refractivity contribution in [2.45, 2.75) is 18.6 Å². The quantitative estimate of drug-likeness (QED) is 0.558. The van der Waals surface area contributed by atoms with Crippen LogP contribution in [0.4, 0.5) is 0 Å². The Morgan fingerprint density at radius 2 is 1.92 bits per heavy atom. The van der Waals surface area contributed by atoms with Crippen molar-refractivity contribution in [1.29, 1.82) is 0 Å². The highest BCUT2D eigenvalue weighted by atomic mass is 79.9. The molecule has 1 aromatic heterocycles. The summed E-state index contributed by atoms with van der Waals surface area (Å²) in [5, 5.41) is 12.5. The Morgan fingerprint density at radius 1 is 1.19 bits per heavy atom. The van der Waals surface area contributed by atoms with Gasteiger partial charge in [0, 0.05) is 18.1 Å². The number of thioether (sulfide) groups is 1. The smallest absolute Gasteiger partial charge is 0.233 e. The molecule has 0 aliphatic carbocycles. The van der Waals surface area contributed by atoms with E-state index in [2.05, 4.69) is 31.5 Å². The molecule has 0 atom stereocenters. The van der Waals surface area contributed by atoms with Crippen LogP contribution >= 0.6 is 27.7 Å². The lowest BCUT2D eigenvalue weighted by Gasteiger charge is -2.17. The molecule has 0 spiro atoms. The van der Waals surface area contributed by atoms with Gasteiger partial charge in [0.2, 0.25) is 11.1 Å². The van der Waals surface area contributed by atoms with Crippen LogP contribution in [0.15, 0.2) is 58.2 Å². The summed E-state index contributed by atoms with van der Waals surface area (Å²) in [5.74, 6) is 0.290. The van der Waals surface area contributed by atoms with Crippen LogP contribution in [-0.2, 0) is 11.3 Å². The highest BCUT2D eigenvalue weighted by Crippen LogP contribution is 2.21. The summed E-state index contributed by atoms with van der Waals surface area (Å²) in [6.07, 6.45) is 0. The molecule has 0 unspecified atom stereocenters. The number of hydrogen-bond donors (Lipinski definition) is 0. The topological polar surface area (TPSA) is 63.9 Å². The minimum absolute atomic E-state index is 0.0186. The van der Waals surface area contributed by atoms with Gasteiger partial charge in [0.05, 0.1) is 11.4 Å². The number of benzene rings is 2. The predicted molar refractivity (Wildman–Crippen MR) is 105 cm³/mol. The molecule has 3 rings (SSSR count). The lowest BCUT2D eigenvalue weighted by atomic mass is 10.2. The highest BCUT2D eigenvalue weighted by molar-refractivity contribution is 9.10. The summed E-state index contributed by atoms with van der Waals surface area (Å²) in [7, 11) is 1.80. The van der Waals surface area contributed by atoms with Crippen molar-refractivity contribution >= 4 is 33.6 Å². The number of carbonyl (C=O) groups excluding carboxylic acids is 1. The van der Waals surface area contributed by atoms with Gasteiger partial charge in [0.1, 0.15) is 0 Å². The van der Waals surface area contributed by atoms with Crippen LogP contribution in [0.3, 0.4) is 0 Å². The Bertz CT molecular complexity index is 914. The largest absolute Gasteiger partial charge is 0.341 e. The average Bonchev–Trinajstić information content (AvgIpc) is 3.10. The zero-order valence-corrected chi connectivity index (χ0v) is 16.9. The second kappa shape index (κ2) is 8.46. The molecule has 0 saturated carbocycles. The molecule has 0 aliphatic rings. The number of amides is 1. The number of rotatable bonds is 6. The number of carbonyl (C=O) groups is 1. The lowest BCUT2D eigenvalue weighted by Crippen LogP contribution is -2.28. The van der Waals surface area contributed by atoms with E-state index in [1.54, 1.807) is 16.6 Å². The number of aryl methyl sites for hydroxylation is 1. The van der Waals surface area contributed by atoms with Crippen LogP contribution in [0.2, 0.25) is 0 Å². The molecular formula is C18H18BrN5OS. The second-order valence-corrected chi connectivity index (χ2v) is 7.59. The number of hydrogen-bond acceptors (Lipinski definition) is 5. The van der Waals surface area contributed by atoms with Gasteiger partial charge >= 0.3 is 0 Å². The summed E-state index contributed by atoms with van der Waals surface area (Å²) in [6, 6.07) is 15.8. The van der Waals surface area contributed by atoms with Gasteiger partial charge in [-0.05, 0) is 40.6 Å². The first-order valence-electron chi connectivity index (χ1n) is 8.01. The van der Waals surface area contributed by atoms with E-state index in [9.17, 15) is 4.79 Å². The van der Waals surface area contributed by atoms with E-state index in [-0.39, 0.29) is 11.7 Å². The van der Waals surface area contributed by atoms with Gasteiger partial charge < -0.3 is 4.90 Å². The third-order valence-corrected chi connectivity index (χ3v) is 5.58. The SMILES string of the molecule is Cc1ccccc1-n1nnnc1SCC(=O)N(C)Cc1ccccc1Br. The maximum atomic E-state index is 12.5. The first-order chi connectivity index (χ1) is 12.6. The number of tetrazole rings is 1. The van der Waals surface area contributed by atoms with Crippen molar-refractivity contribution in [3.05, 3.63) is 64.1 Å². The van der Waals surface area contributed by atoms with E-state index in [1.165, 1.54) is 11.8 Å². The molecule has 0 fully saturated rings. The van der Waals surface area contributed by atoms with Gasteiger partial charge in [-0.3, -0.25) is 4.79 Å². The minimum Gasteiger partial charge on any atom is -0.341 e. The molecule has 6 nitrogen and oxygen atoms in total. The zero-order chi connectivity index (χ0) is 18.5. The van der Waals surface area contributed by atoms with E-state index in [4.69, 9.17) is 0 Å². The zero-order valence-electron chi connectivity index (χ0n) is 14.5. The van der Waals surface area contributed by atoms with Gasteiger partial charge in [0.25, 0.3) is 0 Å². The molecule has 0 aliphatic heterocycles. The van der Waals surface area contributed by atoms with Crippen molar-refractivity contribution in [1.82, 2.24) is 25.1 Å². The lowest BCUT2D eigenvalue weighted by molar-refractivity contribution is -0.127. The first kappa shape index (κ1) is 18.6. The van der Waals surface area contributed by atoms with Crippen molar-refractivity contribution in [2.75, 3.05) is 12.8 Å². The monoisotopic (exact) mass is 431 g/mol. The third kappa shape index (κ3) is 4.31. The summed E-state index contributed by atoms with van der Waals surface area (Å²) >= 11 is 4.85. The van der Waals surface area contributed by atoms with E-state index < -0.39 is 0 Å². The molecule has 2 aromatic carbocycles. The van der Waals surface area contributed by atoms with Gasteiger partial charge in [-0.25, -0.2) is 0 Å². The molecule has 26 heavy (non-hydrogen) atoms. The predicted octanol–water partition coefficient (Wildman–Crippen LogP) is 3.48. The highest BCUT2D eigenvalue weighted by Gasteiger charge is 2.15. The van der Waals surface area contributed by atoms with Gasteiger partial charge in [-0.2, -0.15) is 4.68 Å². The maximum Gasteiger partial charge on any atom is 0.233 e. The Kier molecular flexibility index (Phi) is 6.05. The first-order valence-corrected chi connectivity index (χ1v) is 9.78. The number of halogens is 1. The van der Waals surface area contributed by atoms with Gasteiger partial charge in [-0.1, -0.05) is 64.1 Å². The molecule has 134 valence electrons. The van der Waals surface area contributed by atoms with E-state index in [0.29, 0.717) is 11.7 Å². The van der Waals surface area contributed by atoms with Gasteiger partial charge in [0.15, 0.2) is 0 Å². The van der Waals surface area contributed by atoms with Crippen molar-refractivity contribution in [3.63, 3.8) is 0 Å². The molecule has 1 amide bonds. The fraction of sp³-hybridized carbons (Fsp3) is 0.222. The van der Waals surface area contributed by atoms with Crippen LogP contribution < -0.4 is 0 Å². The average molecular weight is 432 g/mol. The summed E-state index contributed by atoms with van der Waals surface area (Å²) in [4.78, 5) is 14.2. The van der Waals surface area contributed by atoms with E-state index >= 15 is 0 Å². The van der Waals surface area contributed by atoms with E-state index in [1.807, 2.05) is 55.5 Å². The fourth-order valence-electron chi connectivity index (χ4n) is 2.43. The normalized spacial score (nSPS) is 10.7. The van der Waals surface area contributed by atoms with Crippen molar-refractivity contribution < 1.29 is 4.79 Å². The minimum atomic E-state index is 0.0186. The van der Waals surface area contributed by atoms with Gasteiger partial charge in [-0.15, -0.1) is 5.10 Å². The summed E-state index contributed by atoms with van der Waals surface area (Å²) in [5.41, 5.74) is 3.05. The third-order valence-electron chi connectivity index (χ3n) is 3.90. The number of para-hydroxylation sites is 1. The van der Waals surface area contributed by atoms with Crippen molar-refractivity contribution in [3.8, 4) is 5.69 Å². The van der Waals surface area contributed by atoms with Crippen molar-refractivity contribution in [2.24, 2.45) is 0 Å². The number of aromatic nitrogens is 4. The molecule has 1 heterocycles. The van der Waals surface area contributed by atoms with Crippen LogP contribution in [0.5, 0.6) is 0 Å². The van der Waals surface area contributed by atoms with Crippen LogP contribution in [0.25, 0.3) is 5.69 Å². The number of nitrogens with zero attached hydrogens (tertiary/aromatic N) is 5. The molecular weight excluding hydrogens is 414 g/mol. The Labute approximate surface area is 164 Å². The fourth-order valence-corrected chi connectivity index (χ4v) is 3.66. The Morgan fingerprint density at radius 3 is 2.69 bits per heavy atom. The Hall–Kier alpha value is -2.19. The van der Waals surface area contributed by atoms with E-state index in [0.717, 1.165) is 21.3 Å². The van der Waals surface area contributed by atoms with Crippen LogP contribution in [0.1, 0.15) is 11.1 Å². The molecule has 3 aromatic rings. The molecule has 0 N–H and O–H groups in total. The summed E-state index contributed by atoms with van der Waals surface area (Å²) in [6.45, 7) is 2.55. The molecule has 0 saturated heterocycles. The molecule has 8 heteroatoms. The summed E-state index contributed by atoms with van der Waals surface area (Å²) < 4.78 is 2.66.